The molecule has 0 aliphatic heterocycles. The molecule has 0 unspecified atom stereocenters. The molecule has 1 aromatic heterocycles. The first-order valence-corrected chi connectivity index (χ1v) is 8.69. The molecule has 0 spiro atoms. The normalized spacial score (nSPS) is 23.3. The molecule has 9 heteroatoms. The third kappa shape index (κ3) is 4.13. The third-order valence-electron chi connectivity index (χ3n) is 4.92. The van der Waals surface area contributed by atoms with Crippen LogP contribution >= 0.6 is 0 Å². The van der Waals surface area contributed by atoms with Crippen molar-refractivity contribution in [2.45, 2.75) is 57.3 Å². The van der Waals surface area contributed by atoms with Gasteiger partial charge >= 0.3 is 6.18 Å². The summed E-state index contributed by atoms with van der Waals surface area (Å²) in [5, 5.41) is 31.5. The second kappa shape index (κ2) is 6.95. The molecule has 2 aromatic rings. The lowest BCUT2D eigenvalue weighted by atomic mass is 9.82. The number of aromatic hydroxyl groups is 1. The highest BCUT2D eigenvalue weighted by atomic mass is 19.4. The number of anilines is 1. The molecule has 0 bridgehead atoms. The first kappa shape index (κ1) is 19.3. The summed E-state index contributed by atoms with van der Waals surface area (Å²) in [5.74, 6) is -0.310. The molecule has 1 heterocycles. The maximum Gasteiger partial charge on any atom is 0.416 e. The van der Waals surface area contributed by atoms with Gasteiger partial charge in [-0.3, -0.25) is 0 Å². The van der Waals surface area contributed by atoms with Gasteiger partial charge in [-0.15, -0.1) is 10.2 Å². The summed E-state index contributed by atoms with van der Waals surface area (Å²) in [6.45, 7) is 3.39. The molecular weight excluding hydrogens is 361 g/mol. The van der Waals surface area contributed by atoms with Crippen LogP contribution in [0.1, 0.15) is 43.9 Å². The predicted octanol–water partition coefficient (Wildman–Crippen LogP) is 3.68. The van der Waals surface area contributed by atoms with Crippen molar-refractivity contribution >= 4 is 5.95 Å². The lowest BCUT2D eigenvalue weighted by Gasteiger charge is -2.37. The van der Waals surface area contributed by atoms with E-state index in [0.29, 0.717) is 18.2 Å². The maximum absolute atomic E-state index is 12.7. The minimum atomic E-state index is -4.54. The van der Waals surface area contributed by atoms with Gasteiger partial charge in [-0.25, -0.2) is 4.98 Å². The van der Waals surface area contributed by atoms with Crippen molar-refractivity contribution in [2.75, 3.05) is 5.32 Å². The number of hydrogen-bond acceptors (Lipinski definition) is 6. The second-order valence-electron chi connectivity index (χ2n) is 7.10. The monoisotopic (exact) mass is 382 g/mol. The Hall–Kier alpha value is -2.42. The fraction of sp³-hybridized carbons (Fsp3) is 0.500. The van der Waals surface area contributed by atoms with Crippen LogP contribution in [0.5, 0.6) is 5.75 Å². The Morgan fingerprint density at radius 2 is 1.96 bits per heavy atom. The van der Waals surface area contributed by atoms with E-state index in [1.54, 1.807) is 13.8 Å². The number of phenolic OH excluding ortho intramolecular Hbond substituents is 1. The third-order valence-corrected chi connectivity index (χ3v) is 4.92. The molecule has 0 radical (unpaired) electrons. The Kier molecular flexibility index (Phi) is 4.98. The van der Waals surface area contributed by atoms with Gasteiger partial charge in [-0.2, -0.15) is 13.2 Å². The van der Waals surface area contributed by atoms with E-state index in [1.807, 2.05) is 0 Å². The van der Waals surface area contributed by atoms with Crippen LogP contribution in [0.2, 0.25) is 0 Å². The Bertz CT molecular complexity index is 840. The van der Waals surface area contributed by atoms with Crippen LogP contribution in [0.25, 0.3) is 11.3 Å². The first-order valence-electron chi connectivity index (χ1n) is 8.69. The number of nitrogens with one attached hydrogen (secondary N) is 1. The smallest absolute Gasteiger partial charge is 0.416 e. The fourth-order valence-corrected chi connectivity index (χ4v) is 3.32. The Balaban J connectivity index is 1.85. The van der Waals surface area contributed by atoms with Gasteiger partial charge in [0.1, 0.15) is 11.4 Å². The van der Waals surface area contributed by atoms with Gasteiger partial charge in [0.2, 0.25) is 5.95 Å². The summed E-state index contributed by atoms with van der Waals surface area (Å²) in [7, 11) is 0. The van der Waals surface area contributed by atoms with E-state index in [1.165, 1.54) is 0 Å². The van der Waals surface area contributed by atoms with Crippen LogP contribution in [-0.4, -0.2) is 37.0 Å². The highest BCUT2D eigenvalue weighted by molar-refractivity contribution is 5.69. The molecule has 3 rings (SSSR count). The van der Waals surface area contributed by atoms with Gasteiger partial charge in [0, 0.05) is 5.56 Å². The van der Waals surface area contributed by atoms with Gasteiger partial charge in [-0.1, -0.05) is 12.8 Å². The number of hydrogen-bond donors (Lipinski definition) is 3. The maximum atomic E-state index is 12.7. The van der Waals surface area contributed by atoms with Crippen LogP contribution in [0.3, 0.4) is 0 Å². The molecule has 27 heavy (non-hydrogen) atoms. The second-order valence-corrected chi connectivity index (χ2v) is 7.10. The van der Waals surface area contributed by atoms with Crippen LogP contribution in [0.4, 0.5) is 19.1 Å². The highest BCUT2D eigenvalue weighted by Gasteiger charge is 2.35. The molecule has 1 saturated carbocycles. The number of aliphatic hydroxyl groups is 1. The Morgan fingerprint density at radius 1 is 1.22 bits per heavy atom. The van der Waals surface area contributed by atoms with Crippen molar-refractivity contribution in [1.82, 2.24) is 15.2 Å². The summed E-state index contributed by atoms with van der Waals surface area (Å²) < 4.78 is 38.2. The summed E-state index contributed by atoms with van der Waals surface area (Å²) >= 11 is 0. The van der Waals surface area contributed by atoms with Crippen molar-refractivity contribution in [3.05, 3.63) is 29.5 Å². The topological polar surface area (TPSA) is 91.2 Å². The average molecular weight is 382 g/mol. The Morgan fingerprint density at radius 3 is 2.56 bits per heavy atom. The molecule has 1 aliphatic rings. The van der Waals surface area contributed by atoms with E-state index in [-0.39, 0.29) is 23.2 Å². The van der Waals surface area contributed by atoms with E-state index in [4.69, 9.17) is 0 Å². The quantitative estimate of drug-likeness (QED) is 0.750. The molecule has 0 amide bonds. The Labute approximate surface area is 154 Å². The number of benzene rings is 1. The minimum absolute atomic E-state index is 0.122. The predicted molar refractivity (Wildman–Crippen MR) is 93.2 cm³/mol. The van der Waals surface area contributed by atoms with Gasteiger partial charge in [0.15, 0.2) is 0 Å². The SMILES string of the molecule is Cc1nc(N[C@@H]2CCCC[C@@]2(C)O)nnc1-c1ccc(C(F)(F)F)cc1O. The lowest BCUT2D eigenvalue weighted by Crippen LogP contribution is -2.47. The van der Waals surface area contributed by atoms with Gasteiger partial charge < -0.3 is 15.5 Å². The molecule has 0 saturated heterocycles. The first-order chi connectivity index (χ1) is 12.6. The van der Waals surface area contributed by atoms with Crippen molar-refractivity contribution in [3.63, 3.8) is 0 Å². The zero-order valence-corrected chi connectivity index (χ0v) is 15.0. The molecule has 2 atom stereocenters. The number of alkyl halides is 3. The van der Waals surface area contributed by atoms with Gasteiger partial charge in [0.25, 0.3) is 0 Å². The van der Waals surface area contributed by atoms with Gasteiger partial charge in [-0.05, 0) is 44.9 Å². The van der Waals surface area contributed by atoms with Crippen molar-refractivity contribution < 1.29 is 23.4 Å². The van der Waals surface area contributed by atoms with E-state index in [2.05, 4.69) is 20.5 Å². The minimum Gasteiger partial charge on any atom is -0.507 e. The summed E-state index contributed by atoms with van der Waals surface area (Å²) in [6, 6.07) is 2.47. The van der Waals surface area contributed by atoms with Gasteiger partial charge in [0.05, 0.1) is 22.9 Å². The standard InChI is InChI=1S/C18H21F3N4O2/c1-10-15(12-7-6-11(9-13(12)26)18(19,20)21)24-25-16(22-10)23-14-5-3-4-8-17(14,2)27/h6-7,9,14,26-27H,3-5,8H2,1-2H3,(H,22,23,25)/t14-,17-/m1/s1. The van der Waals surface area contributed by atoms with Crippen LogP contribution < -0.4 is 5.32 Å². The zero-order valence-electron chi connectivity index (χ0n) is 15.0. The van der Waals surface area contributed by atoms with Crippen molar-refractivity contribution in [1.29, 1.82) is 0 Å². The van der Waals surface area contributed by atoms with Crippen LogP contribution in [-0.2, 0) is 6.18 Å². The van der Waals surface area contributed by atoms with E-state index in [9.17, 15) is 23.4 Å². The summed E-state index contributed by atoms with van der Waals surface area (Å²) in [5.41, 5.74) is -1.10. The molecular formula is C18H21F3N4O2. The van der Waals surface area contributed by atoms with E-state index >= 15 is 0 Å². The molecule has 1 aliphatic carbocycles. The van der Waals surface area contributed by atoms with Crippen LogP contribution in [0, 0.1) is 6.92 Å². The number of aromatic nitrogens is 3. The van der Waals surface area contributed by atoms with Crippen molar-refractivity contribution in [2.24, 2.45) is 0 Å². The van der Waals surface area contributed by atoms with E-state index in [0.717, 1.165) is 31.4 Å². The lowest BCUT2D eigenvalue weighted by molar-refractivity contribution is -0.137. The molecule has 146 valence electrons. The molecule has 3 N–H and O–H groups in total. The molecule has 1 aromatic carbocycles. The highest BCUT2D eigenvalue weighted by Crippen LogP contribution is 2.36. The zero-order chi connectivity index (χ0) is 19.8. The number of halogens is 3. The van der Waals surface area contributed by atoms with E-state index < -0.39 is 23.1 Å². The molecule has 1 fully saturated rings. The molecule has 6 nitrogen and oxygen atoms in total. The van der Waals surface area contributed by atoms with Crippen LogP contribution in [0.15, 0.2) is 18.2 Å². The average Bonchev–Trinajstić information content (AvgIpc) is 2.56. The number of nitrogens with zero attached hydrogens (tertiary/aromatic N) is 3. The van der Waals surface area contributed by atoms with Crippen molar-refractivity contribution in [3.8, 4) is 17.0 Å². The number of aryl methyl sites for hydroxylation is 1. The summed E-state index contributed by atoms with van der Waals surface area (Å²) in [6.07, 6.45) is -1.15. The number of rotatable bonds is 3. The summed E-state index contributed by atoms with van der Waals surface area (Å²) in [4.78, 5) is 4.29. The largest absolute Gasteiger partial charge is 0.507 e. The number of phenols is 1. The fourth-order valence-electron chi connectivity index (χ4n) is 3.32.